The van der Waals surface area contributed by atoms with Gasteiger partial charge in [0.1, 0.15) is 11.6 Å². The van der Waals surface area contributed by atoms with Crippen LogP contribution in [0.25, 0.3) is 6.08 Å². The highest BCUT2D eigenvalue weighted by Gasteiger charge is 2.33. The Morgan fingerprint density at radius 2 is 1.93 bits per heavy atom. The standard InChI is InChI=1S/C20H17F3N2O3/c1-3-28-17-9-8-13(11-18(17)27-2)10-14(12-24)19(26)25-16-7-5-4-6-15(16)20(21,22)23/h4-11H,3H2,1-2H3,(H,25,26)/b14-10+. The second-order valence-electron chi connectivity index (χ2n) is 5.51. The number of methoxy groups -OCH3 is 1. The number of nitrogens with one attached hydrogen (secondary N) is 1. The smallest absolute Gasteiger partial charge is 0.418 e. The van der Waals surface area contributed by atoms with E-state index in [2.05, 4.69) is 5.32 Å². The van der Waals surface area contributed by atoms with E-state index in [1.54, 1.807) is 24.3 Å². The number of alkyl halides is 3. The maximum Gasteiger partial charge on any atom is 0.418 e. The third kappa shape index (κ3) is 5.04. The molecule has 2 aromatic carbocycles. The quantitative estimate of drug-likeness (QED) is 0.575. The van der Waals surface area contributed by atoms with Gasteiger partial charge in [-0.1, -0.05) is 18.2 Å². The third-order valence-corrected chi connectivity index (χ3v) is 3.64. The molecule has 146 valence electrons. The van der Waals surface area contributed by atoms with E-state index < -0.39 is 23.3 Å². The number of nitrogens with zero attached hydrogens (tertiary/aromatic N) is 1. The van der Waals surface area contributed by atoms with Crippen molar-refractivity contribution in [2.75, 3.05) is 19.0 Å². The van der Waals surface area contributed by atoms with Crippen molar-refractivity contribution < 1.29 is 27.4 Å². The van der Waals surface area contributed by atoms with E-state index in [-0.39, 0.29) is 5.57 Å². The highest BCUT2D eigenvalue weighted by molar-refractivity contribution is 6.10. The first-order valence-electron chi connectivity index (χ1n) is 8.20. The van der Waals surface area contributed by atoms with Gasteiger partial charge in [-0.2, -0.15) is 18.4 Å². The summed E-state index contributed by atoms with van der Waals surface area (Å²) in [6.45, 7) is 2.24. The van der Waals surface area contributed by atoms with Gasteiger partial charge in [0.15, 0.2) is 11.5 Å². The van der Waals surface area contributed by atoms with Crippen LogP contribution in [-0.4, -0.2) is 19.6 Å². The van der Waals surface area contributed by atoms with Crippen LogP contribution < -0.4 is 14.8 Å². The van der Waals surface area contributed by atoms with Crippen LogP contribution in [0.2, 0.25) is 0 Å². The number of carbonyl (C=O) groups is 1. The van der Waals surface area contributed by atoms with Crippen LogP contribution in [0, 0.1) is 11.3 Å². The van der Waals surface area contributed by atoms with Crippen LogP contribution in [0.5, 0.6) is 11.5 Å². The Bertz CT molecular complexity index is 931. The van der Waals surface area contributed by atoms with Crippen LogP contribution in [-0.2, 0) is 11.0 Å². The molecule has 2 aromatic rings. The zero-order chi connectivity index (χ0) is 20.7. The lowest BCUT2D eigenvalue weighted by Gasteiger charge is -2.13. The minimum atomic E-state index is -4.64. The molecule has 0 aromatic heterocycles. The number of halogens is 3. The predicted molar refractivity (Wildman–Crippen MR) is 97.8 cm³/mol. The van der Waals surface area contributed by atoms with Gasteiger partial charge >= 0.3 is 6.18 Å². The van der Waals surface area contributed by atoms with Crippen LogP contribution in [0.1, 0.15) is 18.1 Å². The molecule has 0 heterocycles. The summed E-state index contributed by atoms with van der Waals surface area (Å²) >= 11 is 0. The zero-order valence-corrected chi connectivity index (χ0v) is 15.1. The van der Waals surface area contributed by atoms with Crippen molar-refractivity contribution in [1.82, 2.24) is 0 Å². The highest BCUT2D eigenvalue weighted by atomic mass is 19.4. The molecule has 0 fully saturated rings. The molecule has 0 saturated carbocycles. The van der Waals surface area contributed by atoms with Gasteiger partial charge in [-0.25, -0.2) is 0 Å². The lowest BCUT2D eigenvalue weighted by molar-refractivity contribution is -0.137. The van der Waals surface area contributed by atoms with Crippen LogP contribution in [0.3, 0.4) is 0 Å². The van der Waals surface area contributed by atoms with E-state index in [1.165, 1.54) is 25.3 Å². The minimum absolute atomic E-state index is 0.358. The molecule has 2 rings (SSSR count). The fourth-order valence-electron chi connectivity index (χ4n) is 2.39. The molecular formula is C20H17F3N2O3. The van der Waals surface area contributed by atoms with Crippen molar-refractivity contribution in [2.24, 2.45) is 0 Å². The summed E-state index contributed by atoms with van der Waals surface area (Å²) in [7, 11) is 1.44. The SMILES string of the molecule is CCOc1ccc(/C=C(\C#N)C(=O)Nc2ccccc2C(F)(F)F)cc1OC. The molecule has 0 aliphatic heterocycles. The molecule has 0 bridgehead atoms. The average Bonchev–Trinajstić information content (AvgIpc) is 2.66. The number of anilines is 1. The van der Waals surface area contributed by atoms with Gasteiger partial charge in [0.2, 0.25) is 0 Å². The first-order chi connectivity index (χ1) is 13.3. The number of para-hydroxylation sites is 1. The Kier molecular flexibility index (Phi) is 6.66. The normalized spacial score (nSPS) is 11.5. The Morgan fingerprint density at radius 1 is 1.21 bits per heavy atom. The molecule has 0 spiro atoms. The Labute approximate surface area is 160 Å². The summed E-state index contributed by atoms with van der Waals surface area (Å²) in [5.41, 5.74) is -1.33. The highest BCUT2D eigenvalue weighted by Crippen LogP contribution is 2.35. The first-order valence-corrected chi connectivity index (χ1v) is 8.20. The van der Waals surface area contributed by atoms with Gasteiger partial charge in [-0.05, 0) is 42.8 Å². The van der Waals surface area contributed by atoms with Crippen molar-refractivity contribution in [3.8, 4) is 17.6 Å². The van der Waals surface area contributed by atoms with Gasteiger partial charge in [0.05, 0.1) is 25.0 Å². The van der Waals surface area contributed by atoms with Gasteiger partial charge in [-0.3, -0.25) is 4.79 Å². The van der Waals surface area contributed by atoms with Crippen molar-refractivity contribution in [3.05, 3.63) is 59.2 Å². The predicted octanol–water partition coefficient (Wildman–Crippen LogP) is 4.66. The topological polar surface area (TPSA) is 71.3 Å². The molecule has 1 N–H and O–H groups in total. The van der Waals surface area contributed by atoms with Crippen molar-refractivity contribution in [2.45, 2.75) is 13.1 Å². The monoisotopic (exact) mass is 390 g/mol. The fraction of sp³-hybridized carbons (Fsp3) is 0.200. The molecule has 1 amide bonds. The van der Waals surface area contributed by atoms with Gasteiger partial charge in [0, 0.05) is 0 Å². The van der Waals surface area contributed by atoms with E-state index in [9.17, 15) is 23.2 Å². The van der Waals surface area contributed by atoms with Gasteiger partial charge < -0.3 is 14.8 Å². The molecule has 0 aliphatic carbocycles. The number of carbonyl (C=O) groups excluding carboxylic acids is 1. The zero-order valence-electron chi connectivity index (χ0n) is 15.1. The summed E-state index contributed by atoms with van der Waals surface area (Å²) in [6.07, 6.45) is -3.38. The second kappa shape index (κ2) is 8.95. The summed E-state index contributed by atoms with van der Waals surface area (Å²) < 4.78 is 49.8. The summed E-state index contributed by atoms with van der Waals surface area (Å²) in [4.78, 5) is 12.3. The number of benzene rings is 2. The molecule has 0 atom stereocenters. The molecule has 0 aliphatic rings. The van der Waals surface area contributed by atoms with Crippen LogP contribution in [0.15, 0.2) is 48.0 Å². The van der Waals surface area contributed by atoms with Crippen molar-refractivity contribution in [1.29, 1.82) is 5.26 Å². The molecule has 0 unspecified atom stereocenters. The van der Waals surface area contributed by atoms with E-state index in [0.29, 0.717) is 23.7 Å². The van der Waals surface area contributed by atoms with Crippen LogP contribution in [0.4, 0.5) is 18.9 Å². The molecule has 0 saturated heterocycles. The number of ether oxygens (including phenoxy) is 2. The van der Waals surface area contributed by atoms with E-state index >= 15 is 0 Å². The van der Waals surface area contributed by atoms with Crippen molar-refractivity contribution >= 4 is 17.7 Å². The maximum atomic E-state index is 13.1. The van der Waals surface area contributed by atoms with Gasteiger partial charge in [0.25, 0.3) is 5.91 Å². The Hall–Kier alpha value is -3.47. The Morgan fingerprint density at radius 3 is 2.54 bits per heavy atom. The summed E-state index contributed by atoms with van der Waals surface area (Å²) in [5, 5.41) is 11.4. The van der Waals surface area contributed by atoms with Crippen molar-refractivity contribution in [3.63, 3.8) is 0 Å². The second-order valence-corrected chi connectivity index (χ2v) is 5.51. The molecular weight excluding hydrogens is 373 g/mol. The number of hydrogen-bond acceptors (Lipinski definition) is 4. The van der Waals surface area contributed by atoms with Gasteiger partial charge in [-0.15, -0.1) is 0 Å². The summed E-state index contributed by atoms with van der Waals surface area (Å²) in [6, 6.07) is 11.0. The summed E-state index contributed by atoms with van der Waals surface area (Å²) in [5.74, 6) is -0.0630. The largest absolute Gasteiger partial charge is 0.493 e. The average molecular weight is 390 g/mol. The van der Waals surface area contributed by atoms with E-state index in [0.717, 1.165) is 12.1 Å². The van der Waals surface area contributed by atoms with E-state index in [4.69, 9.17) is 9.47 Å². The number of hydrogen-bond donors (Lipinski definition) is 1. The first kappa shape index (κ1) is 20.8. The number of amides is 1. The molecule has 0 radical (unpaired) electrons. The molecule has 28 heavy (non-hydrogen) atoms. The lowest BCUT2D eigenvalue weighted by atomic mass is 10.1. The van der Waals surface area contributed by atoms with Crippen LogP contribution >= 0.6 is 0 Å². The fourth-order valence-corrected chi connectivity index (χ4v) is 2.39. The lowest BCUT2D eigenvalue weighted by Crippen LogP contribution is -2.17. The number of rotatable bonds is 6. The minimum Gasteiger partial charge on any atom is -0.493 e. The number of nitriles is 1. The Balaban J connectivity index is 2.31. The maximum absolute atomic E-state index is 13.1. The van der Waals surface area contributed by atoms with E-state index in [1.807, 2.05) is 6.92 Å². The third-order valence-electron chi connectivity index (χ3n) is 3.64. The molecule has 8 heteroatoms. The molecule has 5 nitrogen and oxygen atoms in total.